The Balaban J connectivity index is 1.88. The Morgan fingerprint density at radius 3 is 2.55 bits per heavy atom. The van der Waals surface area contributed by atoms with Gasteiger partial charge in [0.1, 0.15) is 5.75 Å². The molecule has 0 spiro atoms. The lowest BCUT2D eigenvalue weighted by Gasteiger charge is -2.34. The number of carbonyl (C=O) groups is 1. The summed E-state index contributed by atoms with van der Waals surface area (Å²) >= 11 is 5.57. The molecule has 2 aromatic rings. The van der Waals surface area contributed by atoms with Crippen molar-refractivity contribution < 1.29 is 31.1 Å². The van der Waals surface area contributed by atoms with Gasteiger partial charge < -0.3 is 10.1 Å². The summed E-state index contributed by atoms with van der Waals surface area (Å²) in [6.07, 6.45) is -4.96. The van der Waals surface area contributed by atoms with E-state index in [1.54, 1.807) is 19.1 Å². The summed E-state index contributed by atoms with van der Waals surface area (Å²) in [7, 11) is -3.72. The quantitative estimate of drug-likeness (QED) is 0.774. The third-order valence-corrected chi connectivity index (χ3v) is 5.69. The fourth-order valence-electron chi connectivity index (χ4n) is 2.85. The highest BCUT2D eigenvalue weighted by Gasteiger charge is 2.36. The minimum atomic E-state index is -4.69. The number of hydrogen-bond acceptors (Lipinski definition) is 4. The van der Waals surface area contributed by atoms with Crippen LogP contribution in [0.1, 0.15) is 11.1 Å². The van der Waals surface area contributed by atoms with Gasteiger partial charge in [0.25, 0.3) is 5.91 Å². The van der Waals surface area contributed by atoms with Crippen LogP contribution in [0.5, 0.6) is 5.75 Å². The first-order valence-corrected chi connectivity index (χ1v) is 10.5. The van der Waals surface area contributed by atoms with E-state index in [1.807, 2.05) is 0 Å². The van der Waals surface area contributed by atoms with E-state index in [2.05, 4.69) is 5.32 Å². The molecule has 3 rings (SSSR count). The van der Waals surface area contributed by atoms with Crippen molar-refractivity contribution in [1.29, 1.82) is 0 Å². The van der Waals surface area contributed by atoms with Gasteiger partial charge in [0.15, 0.2) is 6.10 Å². The largest absolute Gasteiger partial charge is 0.476 e. The Labute approximate surface area is 170 Å². The van der Waals surface area contributed by atoms with E-state index in [9.17, 15) is 26.4 Å². The van der Waals surface area contributed by atoms with Gasteiger partial charge >= 0.3 is 6.18 Å². The molecule has 2 aromatic carbocycles. The van der Waals surface area contributed by atoms with E-state index < -0.39 is 38.8 Å². The van der Waals surface area contributed by atoms with Crippen LogP contribution in [0.4, 0.5) is 24.5 Å². The fourth-order valence-corrected chi connectivity index (χ4v) is 3.99. The molecule has 1 atom stereocenters. The number of anilines is 2. The van der Waals surface area contributed by atoms with Crippen molar-refractivity contribution in [3.05, 3.63) is 52.5 Å². The molecule has 29 heavy (non-hydrogen) atoms. The van der Waals surface area contributed by atoms with Crippen LogP contribution in [-0.2, 0) is 21.0 Å². The van der Waals surface area contributed by atoms with E-state index in [-0.39, 0.29) is 18.0 Å². The van der Waals surface area contributed by atoms with Gasteiger partial charge in [-0.25, -0.2) is 8.42 Å². The van der Waals surface area contributed by atoms with Gasteiger partial charge in [0.2, 0.25) is 10.0 Å². The van der Waals surface area contributed by atoms with Crippen LogP contribution in [-0.4, -0.2) is 33.2 Å². The summed E-state index contributed by atoms with van der Waals surface area (Å²) in [5.74, 6) is -0.611. The number of rotatable bonds is 3. The van der Waals surface area contributed by atoms with E-state index in [4.69, 9.17) is 16.3 Å². The van der Waals surface area contributed by atoms with Crippen molar-refractivity contribution in [1.82, 2.24) is 0 Å². The van der Waals surface area contributed by atoms with E-state index in [1.165, 1.54) is 12.1 Å². The molecule has 0 aliphatic carbocycles. The van der Waals surface area contributed by atoms with Gasteiger partial charge in [-0.1, -0.05) is 17.7 Å². The SMILES string of the molecule is Cc1ccc2c(c1)N(S(C)(=O)=O)CC(C(=O)Nc1ccc(Cl)c(C(F)(F)F)c1)O2. The second-order valence-electron chi connectivity index (χ2n) is 6.55. The molecule has 0 saturated heterocycles. The molecule has 1 N–H and O–H groups in total. The molecule has 0 radical (unpaired) electrons. The molecule has 156 valence electrons. The number of nitrogens with one attached hydrogen (secondary N) is 1. The smallest absolute Gasteiger partial charge is 0.417 e. The van der Waals surface area contributed by atoms with E-state index >= 15 is 0 Å². The molecule has 0 aromatic heterocycles. The first kappa shape index (κ1) is 21.3. The Morgan fingerprint density at radius 1 is 1.24 bits per heavy atom. The number of nitrogens with zero attached hydrogens (tertiary/aromatic N) is 1. The number of benzene rings is 2. The molecule has 1 unspecified atom stereocenters. The highest BCUT2D eigenvalue weighted by molar-refractivity contribution is 7.92. The van der Waals surface area contributed by atoms with Crippen LogP contribution in [0.3, 0.4) is 0 Å². The zero-order valence-corrected chi connectivity index (χ0v) is 16.8. The van der Waals surface area contributed by atoms with Crippen molar-refractivity contribution >= 4 is 38.9 Å². The molecule has 11 heteroatoms. The van der Waals surface area contributed by atoms with Gasteiger partial charge in [-0.2, -0.15) is 13.2 Å². The molecule has 1 aliphatic heterocycles. The zero-order valence-electron chi connectivity index (χ0n) is 15.2. The maximum Gasteiger partial charge on any atom is 0.417 e. The number of ether oxygens (including phenoxy) is 1. The van der Waals surface area contributed by atoms with Gasteiger partial charge in [-0.3, -0.25) is 9.10 Å². The van der Waals surface area contributed by atoms with E-state index in [0.717, 1.165) is 22.2 Å². The number of amides is 1. The summed E-state index contributed by atoms with van der Waals surface area (Å²) < 4.78 is 70.0. The molecular weight excluding hydrogens is 433 g/mol. The van der Waals surface area contributed by atoms with Crippen LogP contribution in [0, 0.1) is 6.92 Å². The van der Waals surface area contributed by atoms with Gasteiger partial charge in [-0.15, -0.1) is 0 Å². The first-order chi connectivity index (χ1) is 13.4. The van der Waals surface area contributed by atoms with Gasteiger partial charge in [0, 0.05) is 5.69 Å². The number of fused-ring (bicyclic) bond motifs is 1. The molecule has 6 nitrogen and oxygen atoms in total. The monoisotopic (exact) mass is 448 g/mol. The zero-order chi connectivity index (χ0) is 21.6. The van der Waals surface area contributed by atoms with Crippen LogP contribution < -0.4 is 14.4 Å². The average Bonchev–Trinajstić information content (AvgIpc) is 2.60. The highest BCUT2D eigenvalue weighted by atomic mass is 35.5. The molecule has 1 heterocycles. The number of aryl methyl sites for hydroxylation is 1. The van der Waals surface area contributed by atoms with Crippen LogP contribution in [0.2, 0.25) is 5.02 Å². The van der Waals surface area contributed by atoms with Crippen LogP contribution in [0.25, 0.3) is 0 Å². The maximum atomic E-state index is 13.0. The molecule has 0 fully saturated rings. The predicted molar refractivity (Wildman–Crippen MR) is 103 cm³/mol. The van der Waals surface area contributed by atoms with Crippen molar-refractivity contribution in [2.45, 2.75) is 19.2 Å². The number of sulfonamides is 1. The Hall–Kier alpha value is -2.46. The normalized spacial score (nSPS) is 16.8. The number of hydrogen-bond donors (Lipinski definition) is 1. The van der Waals surface area contributed by atoms with Crippen molar-refractivity contribution in [2.75, 3.05) is 22.4 Å². The Bertz CT molecular complexity index is 1070. The fraction of sp³-hybridized carbons (Fsp3) is 0.278. The second kappa shape index (κ2) is 7.42. The summed E-state index contributed by atoms with van der Waals surface area (Å²) in [6, 6.07) is 7.77. The second-order valence-corrected chi connectivity index (χ2v) is 8.87. The summed E-state index contributed by atoms with van der Waals surface area (Å²) in [4.78, 5) is 12.6. The molecular formula is C18H16ClF3N2O4S. The molecule has 1 amide bonds. The maximum absolute atomic E-state index is 13.0. The topological polar surface area (TPSA) is 75.7 Å². The summed E-state index contributed by atoms with van der Waals surface area (Å²) in [5, 5.41) is 1.82. The first-order valence-electron chi connectivity index (χ1n) is 8.29. The average molecular weight is 449 g/mol. The standard InChI is InChI=1S/C18H16ClF3N2O4S/c1-10-3-6-15-14(7-10)24(29(2,26)27)9-16(28-15)17(25)23-11-4-5-13(19)12(8-11)18(20,21)22/h3-8,16H,9H2,1-2H3,(H,23,25). The minimum absolute atomic E-state index is 0.143. The van der Waals surface area contributed by atoms with E-state index in [0.29, 0.717) is 11.8 Å². The highest BCUT2D eigenvalue weighted by Crippen LogP contribution is 2.37. The number of halogens is 4. The Morgan fingerprint density at radius 2 is 1.93 bits per heavy atom. The third kappa shape index (κ3) is 4.59. The minimum Gasteiger partial charge on any atom is -0.476 e. The summed E-state index contributed by atoms with van der Waals surface area (Å²) in [6.45, 7) is 1.46. The van der Waals surface area contributed by atoms with Gasteiger partial charge in [0.05, 0.1) is 29.1 Å². The lowest BCUT2D eigenvalue weighted by Crippen LogP contribution is -2.48. The third-order valence-electron chi connectivity index (χ3n) is 4.22. The van der Waals surface area contributed by atoms with Crippen molar-refractivity contribution in [2.24, 2.45) is 0 Å². The predicted octanol–water partition coefficient (Wildman–Crippen LogP) is 3.83. The molecule has 1 aliphatic rings. The lowest BCUT2D eigenvalue weighted by molar-refractivity contribution is -0.137. The number of carbonyl (C=O) groups excluding carboxylic acids is 1. The lowest BCUT2D eigenvalue weighted by atomic mass is 10.1. The summed E-state index contributed by atoms with van der Waals surface area (Å²) in [5.41, 5.74) is -0.150. The van der Waals surface area contributed by atoms with Gasteiger partial charge in [-0.05, 0) is 42.8 Å². The molecule has 0 bridgehead atoms. The molecule has 0 saturated carbocycles. The van der Waals surface area contributed by atoms with Crippen LogP contribution >= 0.6 is 11.6 Å². The number of alkyl halides is 3. The van der Waals surface area contributed by atoms with Crippen LogP contribution in [0.15, 0.2) is 36.4 Å². The van der Waals surface area contributed by atoms with Crippen molar-refractivity contribution in [3.8, 4) is 5.75 Å². The van der Waals surface area contributed by atoms with Crippen molar-refractivity contribution in [3.63, 3.8) is 0 Å². The Kier molecular flexibility index (Phi) is 5.44.